The van der Waals surface area contributed by atoms with Gasteiger partial charge in [0.2, 0.25) is 0 Å². The van der Waals surface area contributed by atoms with E-state index in [0.29, 0.717) is 11.2 Å². The molecule has 0 aromatic heterocycles. The molecule has 0 fully saturated rings. The second-order valence-electron chi connectivity index (χ2n) is 6.14. The van der Waals surface area contributed by atoms with Crippen molar-refractivity contribution in [2.45, 2.75) is 39.7 Å². The fourth-order valence-corrected chi connectivity index (χ4v) is 3.37. The highest BCUT2D eigenvalue weighted by molar-refractivity contribution is 7.80. The molecule has 2 nitrogen and oxygen atoms in total. The van der Waals surface area contributed by atoms with Gasteiger partial charge in [0.15, 0.2) is 5.11 Å². The lowest BCUT2D eigenvalue weighted by atomic mass is 10.1. The van der Waals surface area contributed by atoms with Crippen LogP contribution in [-0.4, -0.2) is 5.11 Å². The summed E-state index contributed by atoms with van der Waals surface area (Å²) in [5.74, 6) is 0. The molecule has 0 saturated heterocycles. The van der Waals surface area contributed by atoms with Crippen LogP contribution in [-0.2, 0) is 6.42 Å². The molecule has 1 aliphatic rings. The first-order valence-corrected chi connectivity index (χ1v) is 8.18. The first-order valence-electron chi connectivity index (χ1n) is 7.78. The highest BCUT2D eigenvalue weighted by Crippen LogP contribution is 2.30. The van der Waals surface area contributed by atoms with E-state index in [4.69, 9.17) is 12.2 Å². The van der Waals surface area contributed by atoms with Crippen molar-refractivity contribution in [3.63, 3.8) is 0 Å². The number of hydrogen-bond acceptors (Lipinski definition) is 1. The molecule has 3 rings (SSSR count). The summed E-state index contributed by atoms with van der Waals surface area (Å²) in [6, 6.07) is 13.3. The summed E-state index contributed by atoms with van der Waals surface area (Å²) in [5, 5.41) is 7.52. The third kappa shape index (κ3) is 3.00. The minimum atomic E-state index is 0.322. The number of rotatable bonds is 2. The summed E-state index contributed by atoms with van der Waals surface area (Å²) in [7, 11) is 0. The second-order valence-corrected chi connectivity index (χ2v) is 6.55. The van der Waals surface area contributed by atoms with Gasteiger partial charge in [0.1, 0.15) is 0 Å². The highest BCUT2D eigenvalue weighted by atomic mass is 32.1. The van der Waals surface area contributed by atoms with Crippen molar-refractivity contribution in [2.24, 2.45) is 0 Å². The van der Waals surface area contributed by atoms with Crippen LogP contribution in [0.3, 0.4) is 0 Å². The molecular weight excluding hydrogens is 288 g/mol. The fourth-order valence-electron chi connectivity index (χ4n) is 3.12. The van der Waals surface area contributed by atoms with Crippen LogP contribution < -0.4 is 10.6 Å². The molecule has 3 heteroatoms. The molecule has 0 heterocycles. The van der Waals surface area contributed by atoms with Gasteiger partial charge < -0.3 is 10.6 Å². The standard InChI is InChI=1S/C19H22N2S/c1-12-10-14(3)18(11-13(12)2)21-19(22)20-17-9-8-15-6-4-5-7-16(15)17/h4-7,10-11,17H,8-9H2,1-3H3,(H2,20,21,22). The zero-order valence-electron chi connectivity index (χ0n) is 13.4. The summed E-state index contributed by atoms with van der Waals surface area (Å²) in [6.45, 7) is 6.38. The summed E-state index contributed by atoms with van der Waals surface area (Å²) >= 11 is 5.52. The Balaban J connectivity index is 1.70. The zero-order chi connectivity index (χ0) is 15.7. The number of anilines is 1. The molecule has 0 amide bonds. The van der Waals surface area contributed by atoms with E-state index in [9.17, 15) is 0 Å². The molecule has 0 radical (unpaired) electrons. The molecular formula is C19H22N2S. The van der Waals surface area contributed by atoms with E-state index in [1.807, 2.05) is 0 Å². The Morgan fingerprint density at radius 3 is 2.59 bits per heavy atom. The zero-order valence-corrected chi connectivity index (χ0v) is 14.2. The first-order chi connectivity index (χ1) is 10.5. The van der Waals surface area contributed by atoms with Crippen molar-refractivity contribution in [3.05, 3.63) is 64.2 Å². The molecule has 0 bridgehead atoms. The fraction of sp³-hybridized carbons (Fsp3) is 0.316. The van der Waals surface area contributed by atoms with E-state index < -0.39 is 0 Å². The van der Waals surface area contributed by atoms with Crippen LogP contribution in [0.15, 0.2) is 36.4 Å². The van der Waals surface area contributed by atoms with Gasteiger partial charge in [0.05, 0.1) is 6.04 Å². The Morgan fingerprint density at radius 1 is 1.05 bits per heavy atom. The monoisotopic (exact) mass is 310 g/mol. The van der Waals surface area contributed by atoms with Gasteiger partial charge in [-0.15, -0.1) is 0 Å². The van der Waals surface area contributed by atoms with Gasteiger partial charge in [0.25, 0.3) is 0 Å². The maximum absolute atomic E-state index is 5.52. The Bertz CT molecular complexity index is 721. The Kier molecular flexibility index (Phi) is 4.16. The quantitative estimate of drug-likeness (QED) is 0.794. The van der Waals surface area contributed by atoms with E-state index >= 15 is 0 Å². The second kappa shape index (κ2) is 6.09. The van der Waals surface area contributed by atoms with Crippen LogP contribution in [0.2, 0.25) is 0 Å². The van der Waals surface area contributed by atoms with Crippen LogP contribution in [0.1, 0.15) is 40.3 Å². The predicted molar refractivity (Wildman–Crippen MR) is 97.5 cm³/mol. The third-order valence-electron chi connectivity index (χ3n) is 4.53. The van der Waals surface area contributed by atoms with E-state index in [2.05, 4.69) is 67.8 Å². The Hall–Kier alpha value is -1.87. The molecule has 1 unspecified atom stereocenters. The average Bonchev–Trinajstić information content (AvgIpc) is 2.88. The lowest BCUT2D eigenvalue weighted by Crippen LogP contribution is -2.31. The van der Waals surface area contributed by atoms with Crippen molar-refractivity contribution in [3.8, 4) is 0 Å². The number of thiocarbonyl (C=S) groups is 1. The maximum Gasteiger partial charge on any atom is 0.171 e. The normalized spacial score (nSPS) is 16.2. The summed E-state index contributed by atoms with van der Waals surface area (Å²) in [4.78, 5) is 0. The van der Waals surface area contributed by atoms with Crippen LogP contribution >= 0.6 is 12.2 Å². The van der Waals surface area contributed by atoms with Crippen LogP contribution in [0.25, 0.3) is 0 Å². The number of aryl methyl sites for hydroxylation is 4. The molecule has 2 N–H and O–H groups in total. The largest absolute Gasteiger partial charge is 0.356 e. The van der Waals surface area contributed by atoms with E-state index in [0.717, 1.165) is 18.5 Å². The third-order valence-corrected chi connectivity index (χ3v) is 4.75. The number of benzene rings is 2. The topological polar surface area (TPSA) is 24.1 Å². The van der Waals surface area contributed by atoms with Crippen LogP contribution in [0.4, 0.5) is 5.69 Å². The van der Waals surface area contributed by atoms with Crippen molar-refractivity contribution >= 4 is 23.0 Å². The molecule has 1 atom stereocenters. The molecule has 0 saturated carbocycles. The van der Waals surface area contributed by atoms with E-state index in [-0.39, 0.29) is 0 Å². The van der Waals surface area contributed by atoms with Gasteiger partial charge in [-0.1, -0.05) is 30.3 Å². The summed E-state index contributed by atoms with van der Waals surface area (Å²) < 4.78 is 0. The van der Waals surface area contributed by atoms with E-state index in [1.54, 1.807) is 0 Å². The lowest BCUT2D eigenvalue weighted by Gasteiger charge is -2.19. The predicted octanol–water partition coefficient (Wildman–Crippen LogP) is 4.59. The average molecular weight is 310 g/mol. The maximum atomic E-state index is 5.52. The Labute approximate surface area is 137 Å². The minimum Gasteiger partial charge on any atom is -0.356 e. The van der Waals surface area contributed by atoms with Gasteiger partial charge in [0, 0.05) is 5.69 Å². The molecule has 0 aliphatic heterocycles. The van der Waals surface area contributed by atoms with Crippen molar-refractivity contribution < 1.29 is 0 Å². The molecule has 2 aromatic rings. The van der Waals surface area contributed by atoms with Gasteiger partial charge in [-0.2, -0.15) is 0 Å². The number of hydrogen-bond donors (Lipinski definition) is 2. The highest BCUT2D eigenvalue weighted by Gasteiger charge is 2.22. The van der Waals surface area contributed by atoms with Crippen LogP contribution in [0, 0.1) is 20.8 Å². The number of nitrogens with one attached hydrogen (secondary N) is 2. The molecule has 114 valence electrons. The number of fused-ring (bicyclic) bond motifs is 1. The Morgan fingerprint density at radius 2 is 1.77 bits per heavy atom. The van der Waals surface area contributed by atoms with Crippen molar-refractivity contribution in [2.75, 3.05) is 5.32 Å². The molecule has 2 aromatic carbocycles. The minimum absolute atomic E-state index is 0.322. The molecule has 22 heavy (non-hydrogen) atoms. The van der Waals surface area contributed by atoms with Gasteiger partial charge in [-0.05, 0) is 79.7 Å². The summed E-state index contributed by atoms with van der Waals surface area (Å²) in [6.07, 6.45) is 2.23. The van der Waals surface area contributed by atoms with E-state index in [1.165, 1.54) is 27.8 Å². The van der Waals surface area contributed by atoms with Crippen LogP contribution in [0.5, 0.6) is 0 Å². The SMILES string of the molecule is Cc1cc(C)c(NC(=S)NC2CCc3ccccc32)cc1C. The molecule has 1 aliphatic carbocycles. The van der Waals surface area contributed by atoms with Gasteiger partial charge >= 0.3 is 0 Å². The molecule has 0 spiro atoms. The van der Waals surface area contributed by atoms with Gasteiger partial charge in [-0.3, -0.25) is 0 Å². The first kappa shape index (κ1) is 15.0. The van der Waals surface area contributed by atoms with Crippen molar-refractivity contribution in [1.29, 1.82) is 0 Å². The lowest BCUT2D eigenvalue weighted by molar-refractivity contribution is 0.644. The summed E-state index contributed by atoms with van der Waals surface area (Å²) in [5.41, 5.74) is 7.72. The van der Waals surface area contributed by atoms with Gasteiger partial charge in [-0.25, -0.2) is 0 Å². The van der Waals surface area contributed by atoms with Crippen molar-refractivity contribution in [1.82, 2.24) is 5.32 Å². The smallest absolute Gasteiger partial charge is 0.171 e.